The molecule has 0 bridgehead atoms. The van der Waals surface area contributed by atoms with Gasteiger partial charge in [-0.15, -0.1) is 0 Å². The van der Waals surface area contributed by atoms with Crippen LogP contribution >= 0.6 is 0 Å². The van der Waals surface area contributed by atoms with Crippen molar-refractivity contribution < 1.29 is 14.3 Å². The lowest BCUT2D eigenvalue weighted by Gasteiger charge is -1.97. The molecule has 0 aliphatic carbocycles. The van der Waals surface area contributed by atoms with Crippen LogP contribution in [0.15, 0.2) is 48.8 Å². The molecule has 0 fully saturated rings. The molecule has 17 heavy (non-hydrogen) atoms. The van der Waals surface area contributed by atoms with Crippen molar-refractivity contribution in [1.29, 1.82) is 0 Å². The number of pyridine rings is 1. The van der Waals surface area contributed by atoms with E-state index in [1.165, 1.54) is 37.7 Å². The predicted molar refractivity (Wildman–Crippen MR) is 62.0 cm³/mol. The summed E-state index contributed by atoms with van der Waals surface area (Å²) in [4.78, 5) is 26.0. The topological polar surface area (TPSA) is 68.3 Å². The van der Waals surface area contributed by atoms with Crippen LogP contribution in [0.2, 0.25) is 0 Å². The molecular weight excluding hydrogens is 220 g/mol. The molecule has 0 spiro atoms. The second kappa shape index (κ2) is 6.95. The van der Waals surface area contributed by atoms with E-state index in [0.717, 1.165) is 0 Å². The van der Waals surface area contributed by atoms with Crippen LogP contribution in [0.5, 0.6) is 0 Å². The fourth-order valence-corrected chi connectivity index (χ4v) is 0.953. The number of aromatic nitrogens is 1. The van der Waals surface area contributed by atoms with Crippen molar-refractivity contribution >= 4 is 11.9 Å². The molecule has 88 valence electrons. The van der Waals surface area contributed by atoms with Crippen LogP contribution in [-0.4, -0.2) is 24.0 Å². The van der Waals surface area contributed by atoms with Crippen LogP contribution < -0.4 is 5.32 Å². The predicted octanol–water partition coefficient (Wildman–Crippen LogP) is 1.05. The highest BCUT2D eigenvalue weighted by atomic mass is 16.5. The summed E-state index contributed by atoms with van der Waals surface area (Å²) >= 11 is 0. The number of nitrogens with one attached hydrogen (secondary N) is 1. The molecule has 0 aromatic carbocycles. The number of allylic oxidation sites excluding steroid dienone is 2. The summed E-state index contributed by atoms with van der Waals surface area (Å²) in [6.45, 7) is 0. The number of esters is 1. The van der Waals surface area contributed by atoms with Gasteiger partial charge in [0.15, 0.2) is 0 Å². The first-order chi connectivity index (χ1) is 8.24. The zero-order valence-electron chi connectivity index (χ0n) is 9.29. The van der Waals surface area contributed by atoms with Crippen molar-refractivity contribution in [1.82, 2.24) is 10.3 Å². The van der Waals surface area contributed by atoms with Gasteiger partial charge >= 0.3 is 5.97 Å². The number of carbonyl (C=O) groups is 2. The van der Waals surface area contributed by atoms with E-state index in [1.54, 1.807) is 18.2 Å². The summed E-state index contributed by atoms with van der Waals surface area (Å²) < 4.78 is 4.39. The van der Waals surface area contributed by atoms with Gasteiger partial charge in [-0.3, -0.25) is 9.78 Å². The Bertz CT molecular complexity index is 438. The fraction of sp³-hybridized carbons (Fsp3) is 0.0833. The lowest BCUT2D eigenvalue weighted by atomic mass is 10.3. The minimum absolute atomic E-state index is 0.312. The summed E-state index contributed by atoms with van der Waals surface area (Å²) in [7, 11) is 1.29. The first-order valence-corrected chi connectivity index (χ1v) is 4.87. The molecule has 1 rings (SSSR count). The summed E-state index contributed by atoms with van der Waals surface area (Å²) in [5.41, 5.74) is 0.328. The van der Waals surface area contributed by atoms with Crippen molar-refractivity contribution in [2.75, 3.05) is 7.11 Å². The van der Waals surface area contributed by atoms with Crippen molar-refractivity contribution in [3.05, 3.63) is 54.5 Å². The van der Waals surface area contributed by atoms with E-state index in [-0.39, 0.29) is 5.91 Å². The summed E-state index contributed by atoms with van der Waals surface area (Å²) in [6.07, 6.45) is 7.16. The third-order valence-electron chi connectivity index (χ3n) is 1.75. The molecule has 0 atom stereocenters. The Kier molecular flexibility index (Phi) is 5.16. The van der Waals surface area contributed by atoms with Gasteiger partial charge in [0.2, 0.25) is 0 Å². The first kappa shape index (κ1) is 12.6. The fourth-order valence-electron chi connectivity index (χ4n) is 0.953. The Balaban J connectivity index is 2.41. The molecule has 0 saturated carbocycles. The second-order valence-electron chi connectivity index (χ2n) is 2.93. The third kappa shape index (κ3) is 4.74. The van der Waals surface area contributed by atoms with Crippen LogP contribution in [0.1, 0.15) is 10.5 Å². The van der Waals surface area contributed by atoms with Gasteiger partial charge in [-0.2, -0.15) is 0 Å². The molecule has 1 aromatic rings. The maximum atomic E-state index is 11.5. The van der Waals surface area contributed by atoms with Gasteiger partial charge in [0, 0.05) is 18.5 Å². The van der Waals surface area contributed by atoms with Crippen LogP contribution in [0, 0.1) is 0 Å². The molecule has 5 heteroatoms. The van der Waals surface area contributed by atoms with Gasteiger partial charge in [-0.25, -0.2) is 4.79 Å². The van der Waals surface area contributed by atoms with Crippen molar-refractivity contribution in [2.45, 2.75) is 0 Å². The van der Waals surface area contributed by atoms with Crippen LogP contribution in [0.25, 0.3) is 0 Å². The molecule has 1 amide bonds. The summed E-state index contributed by atoms with van der Waals surface area (Å²) in [6, 6.07) is 5.06. The smallest absolute Gasteiger partial charge is 0.330 e. The summed E-state index contributed by atoms with van der Waals surface area (Å²) in [5.74, 6) is -0.765. The van der Waals surface area contributed by atoms with Gasteiger partial charge in [0.05, 0.1) is 7.11 Å². The van der Waals surface area contributed by atoms with E-state index in [9.17, 15) is 9.59 Å². The Hall–Kier alpha value is -2.43. The van der Waals surface area contributed by atoms with Crippen LogP contribution in [0.4, 0.5) is 0 Å². The van der Waals surface area contributed by atoms with Crippen molar-refractivity contribution in [2.24, 2.45) is 0 Å². The Morgan fingerprint density at radius 1 is 1.35 bits per heavy atom. The monoisotopic (exact) mass is 232 g/mol. The Morgan fingerprint density at radius 2 is 2.18 bits per heavy atom. The number of rotatable bonds is 4. The highest BCUT2D eigenvalue weighted by Crippen LogP contribution is 1.92. The van der Waals surface area contributed by atoms with Gasteiger partial charge in [0.25, 0.3) is 5.91 Å². The highest BCUT2D eigenvalue weighted by Gasteiger charge is 2.01. The third-order valence-corrected chi connectivity index (χ3v) is 1.75. The molecule has 0 aliphatic rings. The number of ether oxygens (including phenoxy) is 1. The maximum absolute atomic E-state index is 11.5. The van der Waals surface area contributed by atoms with E-state index < -0.39 is 5.97 Å². The van der Waals surface area contributed by atoms with E-state index in [0.29, 0.717) is 5.69 Å². The zero-order valence-corrected chi connectivity index (χ0v) is 9.29. The number of nitrogens with zero attached hydrogens (tertiary/aromatic N) is 1. The standard InChI is InChI=1S/C12H12N2O3/c1-17-11(15)7-3-5-9-14-12(16)10-6-2-4-8-13-10/h2-9H,1H3,(H,14,16)/b7-3+,9-5-. The van der Waals surface area contributed by atoms with Gasteiger partial charge < -0.3 is 10.1 Å². The number of methoxy groups -OCH3 is 1. The maximum Gasteiger partial charge on any atom is 0.330 e. The number of hydrogen-bond donors (Lipinski definition) is 1. The average Bonchev–Trinajstić information content (AvgIpc) is 2.38. The number of amides is 1. The molecule has 0 aliphatic heterocycles. The molecule has 0 saturated heterocycles. The normalized spacial score (nSPS) is 10.6. The van der Waals surface area contributed by atoms with Gasteiger partial charge in [-0.1, -0.05) is 12.1 Å². The van der Waals surface area contributed by atoms with Crippen LogP contribution in [-0.2, 0) is 9.53 Å². The molecule has 0 unspecified atom stereocenters. The summed E-state index contributed by atoms with van der Waals surface area (Å²) in [5, 5.41) is 2.51. The first-order valence-electron chi connectivity index (χ1n) is 4.87. The Morgan fingerprint density at radius 3 is 2.82 bits per heavy atom. The molecule has 1 heterocycles. The van der Waals surface area contributed by atoms with E-state index in [1.807, 2.05) is 0 Å². The average molecular weight is 232 g/mol. The molecule has 1 aromatic heterocycles. The quantitative estimate of drug-likeness (QED) is 0.478. The number of hydrogen-bond acceptors (Lipinski definition) is 4. The Labute approximate surface area is 98.8 Å². The lowest BCUT2D eigenvalue weighted by molar-refractivity contribution is -0.134. The second-order valence-corrected chi connectivity index (χ2v) is 2.93. The van der Waals surface area contributed by atoms with Gasteiger partial charge in [-0.05, 0) is 18.2 Å². The highest BCUT2D eigenvalue weighted by molar-refractivity contribution is 5.92. The van der Waals surface area contributed by atoms with E-state index >= 15 is 0 Å². The van der Waals surface area contributed by atoms with Crippen LogP contribution in [0.3, 0.4) is 0 Å². The zero-order chi connectivity index (χ0) is 12.5. The number of carbonyl (C=O) groups excluding carboxylic acids is 2. The molecule has 5 nitrogen and oxygen atoms in total. The van der Waals surface area contributed by atoms with Crippen molar-refractivity contribution in [3.63, 3.8) is 0 Å². The SMILES string of the molecule is COC(=O)/C=C/C=C\NC(=O)c1ccccn1. The minimum Gasteiger partial charge on any atom is -0.466 e. The van der Waals surface area contributed by atoms with Gasteiger partial charge in [0.1, 0.15) is 5.69 Å². The molecule has 0 radical (unpaired) electrons. The van der Waals surface area contributed by atoms with E-state index in [4.69, 9.17) is 0 Å². The van der Waals surface area contributed by atoms with Crippen molar-refractivity contribution in [3.8, 4) is 0 Å². The van der Waals surface area contributed by atoms with E-state index in [2.05, 4.69) is 15.0 Å². The lowest BCUT2D eigenvalue weighted by Crippen LogP contribution is -2.17. The molecular formula is C12H12N2O3. The molecule has 1 N–H and O–H groups in total. The largest absolute Gasteiger partial charge is 0.466 e. The minimum atomic E-state index is -0.453.